The molecule has 0 bridgehead atoms. The van der Waals surface area contributed by atoms with Crippen LogP contribution in [0, 0.1) is 6.92 Å². The molecule has 1 saturated heterocycles. The van der Waals surface area contributed by atoms with Crippen molar-refractivity contribution in [2.24, 2.45) is 0 Å². The van der Waals surface area contributed by atoms with Crippen molar-refractivity contribution in [3.63, 3.8) is 0 Å². The predicted molar refractivity (Wildman–Crippen MR) is 118 cm³/mol. The van der Waals surface area contributed by atoms with E-state index in [1.54, 1.807) is 34.1 Å². The lowest BCUT2D eigenvalue weighted by Crippen LogP contribution is -2.50. The summed E-state index contributed by atoms with van der Waals surface area (Å²) in [6.07, 6.45) is 0. The lowest BCUT2D eigenvalue weighted by Gasteiger charge is -2.36. The van der Waals surface area contributed by atoms with Gasteiger partial charge in [0.25, 0.3) is 0 Å². The van der Waals surface area contributed by atoms with Gasteiger partial charge in [-0.3, -0.25) is 0 Å². The highest BCUT2D eigenvalue weighted by Crippen LogP contribution is 2.31. The molecule has 8 heteroatoms. The Balaban J connectivity index is 1.30. The van der Waals surface area contributed by atoms with Crippen LogP contribution >= 0.6 is 23.1 Å². The molecule has 2 aromatic carbocycles. The fourth-order valence-corrected chi connectivity index (χ4v) is 4.98. The standard InChI is InChI=1S/C21H22N4O2S2/c1-15-14-28-21(22-15)29-17-8-6-16(7-9-17)23-20(27)25-12-10-24(11-13-25)18-4-2-3-5-19(18)26/h2-9,14,26H,10-13H2,1H3,(H,23,27). The molecule has 1 aliphatic rings. The molecule has 1 aromatic heterocycles. The van der Waals surface area contributed by atoms with E-state index in [-0.39, 0.29) is 11.8 Å². The van der Waals surface area contributed by atoms with Crippen LogP contribution in [-0.4, -0.2) is 47.2 Å². The number of aromatic hydroxyl groups is 1. The van der Waals surface area contributed by atoms with Crippen LogP contribution in [0.5, 0.6) is 5.75 Å². The fraction of sp³-hybridized carbons (Fsp3) is 0.238. The van der Waals surface area contributed by atoms with E-state index in [1.165, 1.54) is 0 Å². The van der Waals surface area contributed by atoms with Crippen LogP contribution in [0.2, 0.25) is 0 Å². The number of phenolic OH excluding ortho intramolecular Hbond substituents is 1. The highest BCUT2D eigenvalue weighted by Gasteiger charge is 2.22. The van der Waals surface area contributed by atoms with E-state index in [2.05, 4.69) is 15.2 Å². The number of para-hydroxylation sites is 2. The summed E-state index contributed by atoms with van der Waals surface area (Å²) in [4.78, 5) is 22.0. The normalized spacial score (nSPS) is 14.1. The number of hydrogen-bond donors (Lipinski definition) is 2. The second-order valence-electron chi connectivity index (χ2n) is 6.77. The van der Waals surface area contributed by atoms with Gasteiger partial charge in [-0.2, -0.15) is 0 Å². The Bertz CT molecular complexity index is 982. The number of piperazine rings is 1. The van der Waals surface area contributed by atoms with E-state index < -0.39 is 0 Å². The van der Waals surface area contributed by atoms with Crippen molar-refractivity contribution in [2.45, 2.75) is 16.2 Å². The van der Waals surface area contributed by atoms with E-state index in [9.17, 15) is 9.90 Å². The number of nitrogens with one attached hydrogen (secondary N) is 1. The molecule has 0 saturated carbocycles. The van der Waals surface area contributed by atoms with Crippen LogP contribution in [0.25, 0.3) is 0 Å². The van der Waals surface area contributed by atoms with Crippen molar-refractivity contribution >= 4 is 40.5 Å². The Kier molecular flexibility index (Phi) is 5.92. The number of carbonyl (C=O) groups is 1. The zero-order chi connectivity index (χ0) is 20.2. The first-order valence-electron chi connectivity index (χ1n) is 9.37. The van der Waals surface area contributed by atoms with Gasteiger partial charge in [0.1, 0.15) is 5.75 Å². The van der Waals surface area contributed by atoms with Crippen LogP contribution in [-0.2, 0) is 0 Å². The van der Waals surface area contributed by atoms with E-state index in [1.807, 2.05) is 54.8 Å². The summed E-state index contributed by atoms with van der Waals surface area (Å²) < 4.78 is 1.02. The molecule has 4 rings (SSSR count). The number of aryl methyl sites for hydroxylation is 1. The molecule has 2 heterocycles. The van der Waals surface area contributed by atoms with Gasteiger partial charge in [-0.1, -0.05) is 23.9 Å². The van der Waals surface area contributed by atoms with Crippen LogP contribution < -0.4 is 10.2 Å². The van der Waals surface area contributed by atoms with Crippen molar-refractivity contribution < 1.29 is 9.90 Å². The number of carbonyl (C=O) groups excluding carboxylic acids is 1. The molecule has 6 nitrogen and oxygen atoms in total. The third-order valence-electron chi connectivity index (χ3n) is 4.70. The average molecular weight is 427 g/mol. The van der Waals surface area contributed by atoms with Gasteiger partial charge in [0.05, 0.1) is 5.69 Å². The zero-order valence-electron chi connectivity index (χ0n) is 16.0. The fourth-order valence-electron chi connectivity index (χ4n) is 3.17. The van der Waals surface area contributed by atoms with Crippen LogP contribution in [0.15, 0.2) is 63.1 Å². The number of urea groups is 1. The van der Waals surface area contributed by atoms with Crippen LogP contribution in [0.4, 0.5) is 16.2 Å². The lowest BCUT2D eigenvalue weighted by molar-refractivity contribution is 0.208. The summed E-state index contributed by atoms with van der Waals surface area (Å²) in [6.45, 7) is 4.58. The number of phenols is 1. The molecule has 0 atom stereocenters. The minimum absolute atomic E-state index is 0.0992. The molecule has 0 radical (unpaired) electrons. The molecule has 150 valence electrons. The number of anilines is 2. The van der Waals surface area contributed by atoms with E-state index in [0.29, 0.717) is 26.2 Å². The van der Waals surface area contributed by atoms with Crippen molar-refractivity contribution in [1.82, 2.24) is 9.88 Å². The first kappa shape index (κ1) is 19.6. The Hall–Kier alpha value is -2.71. The molecule has 0 unspecified atom stereocenters. The van der Waals surface area contributed by atoms with Gasteiger partial charge >= 0.3 is 6.03 Å². The molecule has 2 amide bonds. The first-order valence-corrected chi connectivity index (χ1v) is 11.1. The van der Waals surface area contributed by atoms with Crippen molar-refractivity contribution in [2.75, 3.05) is 36.4 Å². The molecule has 3 aromatic rings. The number of aromatic nitrogens is 1. The van der Waals surface area contributed by atoms with Gasteiger partial charge in [0.15, 0.2) is 4.34 Å². The van der Waals surface area contributed by atoms with Crippen LogP contribution in [0.1, 0.15) is 5.69 Å². The molecule has 1 fully saturated rings. The van der Waals surface area contributed by atoms with Crippen LogP contribution in [0.3, 0.4) is 0 Å². The largest absolute Gasteiger partial charge is 0.506 e. The molecule has 0 spiro atoms. The SMILES string of the molecule is Cc1csc(Sc2ccc(NC(=O)N3CCN(c4ccccc4O)CC3)cc2)n1. The Morgan fingerprint density at radius 1 is 1.10 bits per heavy atom. The summed E-state index contributed by atoms with van der Waals surface area (Å²) in [5.74, 6) is 0.274. The van der Waals surface area contributed by atoms with Gasteiger partial charge in [0, 0.05) is 47.8 Å². The minimum Gasteiger partial charge on any atom is -0.506 e. The van der Waals surface area contributed by atoms with E-state index >= 15 is 0 Å². The van der Waals surface area contributed by atoms with Crippen molar-refractivity contribution in [3.05, 3.63) is 59.6 Å². The van der Waals surface area contributed by atoms with Gasteiger partial charge < -0.3 is 20.2 Å². The lowest BCUT2D eigenvalue weighted by atomic mass is 10.2. The second kappa shape index (κ2) is 8.75. The first-order chi connectivity index (χ1) is 14.1. The zero-order valence-corrected chi connectivity index (χ0v) is 17.7. The third kappa shape index (κ3) is 4.83. The van der Waals surface area contributed by atoms with E-state index in [4.69, 9.17) is 0 Å². The Morgan fingerprint density at radius 3 is 2.48 bits per heavy atom. The topological polar surface area (TPSA) is 68.7 Å². The van der Waals surface area contributed by atoms with Gasteiger partial charge in [-0.05, 0) is 43.3 Å². The predicted octanol–water partition coefficient (Wildman–Crippen LogP) is 4.66. The molecular formula is C21H22N4O2S2. The molecular weight excluding hydrogens is 404 g/mol. The molecule has 2 N–H and O–H groups in total. The number of thiazole rings is 1. The summed E-state index contributed by atoms with van der Waals surface area (Å²) in [6, 6.07) is 15.0. The third-order valence-corrected chi connectivity index (χ3v) is 6.76. The maximum absolute atomic E-state index is 12.6. The Morgan fingerprint density at radius 2 is 1.83 bits per heavy atom. The highest BCUT2D eigenvalue weighted by molar-refractivity contribution is 8.01. The Labute approximate surface area is 178 Å². The minimum atomic E-state index is -0.0992. The summed E-state index contributed by atoms with van der Waals surface area (Å²) in [5, 5.41) is 15.0. The number of nitrogens with zero attached hydrogens (tertiary/aromatic N) is 3. The number of rotatable bonds is 4. The maximum Gasteiger partial charge on any atom is 0.321 e. The van der Waals surface area contributed by atoms with Gasteiger partial charge in [0.2, 0.25) is 0 Å². The number of hydrogen-bond acceptors (Lipinski definition) is 6. The van der Waals surface area contributed by atoms with Gasteiger partial charge in [-0.15, -0.1) is 11.3 Å². The van der Waals surface area contributed by atoms with Crippen molar-refractivity contribution in [1.29, 1.82) is 0 Å². The summed E-state index contributed by atoms with van der Waals surface area (Å²) >= 11 is 3.25. The van der Waals surface area contributed by atoms with Gasteiger partial charge in [-0.25, -0.2) is 9.78 Å². The van der Waals surface area contributed by atoms with E-state index in [0.717, 1.165) is 26.3 Å². The summed E-state index contributed by atoms with van der Waals surface area (Å²) in [7, 11) is 0. The smallest absolute Gasteiger partial charge is 0.321 e. The monoisotopic (exact) mass is 426 g/mol. The molecule has 0 aliphatic carbocycles. The average Bonchev–Trinajstić information content (AvgIpc) is 3.14. The molecule has 1 aliphatic heterocycles. The summed E-state index contributed by atoms with van der Waals surface area (Å²) in [5.41, 5.74) is 2.62. The highest BCUT2D eigenvalue weighted by atomic mass is 32.2. The maximum atomic E-state index is 12.6. The second-order valence-corrected chi connectivity index (χ2v) is 8.95. The number of amides is 2. The van der Waals surface area contributed by atoms with Crippen molar-refractivity contribution in [3.8, 4) is 5.75 Å². The number of benzene rings is 2. The molecule has 29 heavy (non-hydrogen) atoms. The quantitative estimate of drug-likeness (QED) is 0.635.